The zero-order chi connectivity index (χ0) is 10.5. The Balaban J connectivity index is 3.91. The van der Waals surface area contributed by atoms with E-state index in [9.17, 15) is 18.0 Å². The molecule has 13 heavy (non-hydrogen) atoms. The van der Waals surface area contributed by atoms with E-state index in [1.807, 2.05) is 0 Å². The van der Waals surface area contributed by atoms with Gasteiger partial charge in [0.15, 0.2) is 5.75 Å². The van der Waals surface area contributed by atoms with Gasteiger partial charge in [-0.05, 0) is 0 Å². The highest BCUT2D eigenvalue weighted by Crippen LogP contribution is 1.83. The summed E-state index contributed by atoms with van der Waals surface area (Å²) in [5.41, 5.74) is 4.61. The molecule has 0 aliphatic carbocycles. The van der Waals surface area contributed by atoms with E-state index in [-0.39, 0.29) is 0 Å². The van der Waals surface area contributed by atoms with Crippen LogP contribution in [0.1, 0.15) is 0 Å². The lowest BCUT2D eigenvalue weighted by atomic mass is 10.7. The fourth-order valence-corrected chi connectivity index (χ4v) is 1.00. The van der Waals surface area contributed by atoms with E-state index >= 15 is 0 Å². The highest BCUT2D eigenvalue weighted by Gasteiger charge is 2.15. The maximum Gasteiger partial charge on any atom is 0.320 e. The zero-order valence-electron chi connectivity index (χ0n) is 6.39. The molecule has 76 valence electrons. The first-order chi connectivity index (χ1) is 5.83. The minimum absolute atomic E-state index is 0.654. The summed E-state index contributed by atoms with van der Waals surface area (Å²) in [5, 5.41) is 8.09. The Bertz CT molecular complexity index is 296. The first kappa shape index (κ1) is 11.8. The average Bonchev–Trinajstić information content (AvgIpc) is 1.81. The molecular formula is C4H8N2O6S. The van der Waals surface area contributed by atoms with E-state index in [4.69, 9.17) is 5.11 Å². The number of amides is 1. The van der Waals surface area contributed by atoms with Gasteiger partial charge in [0.1, 0.15) is 6.61 Å². The highest BCUT2D eigenvalue weighted by molar-refractivity contribution is 7.90. The predicted octanol–water partition coefficient (Wildman–Crippen LogP) is -2.59. The number of carboxylic acids is 1. The number of sulfonamides is 1. The van der Waals surface area contributed by atoms with E-state index in [1.165, 1.54) is 4.89 Å². The van der Waals surface area contributed by atoms with Crippen molar-refractivity contribution in [3.05, 3.63) is 0 Å². The monoisotopic (exact) mass is 212 g/mol. The third-order valence-electron chi connectivity index (χ3n) is 0.714. The smallest absolute Gasteiger partial charge is 0.320 e. The topological polar surface area (TPSA) is 136 Å². The second-order valence-corrected chi connectivity index (χ2v) is 3.68. The largest absolute Gasteiger partial charge is 0.480 e. The van der Waals surface area contributed by atoms with E-state index in [0.717, 1.165) is 0 Å². The van der Waals surface area contributed by atoms with Crippen LogP contribution in [0.2, 0.25) is 0 Å². The van der Waals surface area contributed by atoms with Gasteiger partial charge in [0.25, 0.3) is 0 Å². The molecule has 0 rings (SSSR count). The molecule has 8 nitrogen and oxygen atoms in total. The van der Waals surface area contributed by atoms with Crippen molar-refractivity contribution in [2.45, 2.75) is 0 Å². The average molecular weight is 212 g/mol. The predicted molar refractivity (Wildman–Crippen MR) is 39.7 cm³/mol. The number of aliphatic carboxylic acids is 1. The molecule has 1 amide bonds. The molecule has 0 fully saturated rings. The standard InChI is InChI=1S/C4H8N2O6S/c5-3(7)1-12-6-13(10,11)2-4(8)9/h6H,1-2H2,(H2,5,7)(H,8,9). The van der Waals surface area contributed by atoms with Gasteiger partial charge in [0.05, 0.1) is 0 Å². The molecule has 0 radical (unpaired) electrons. The van der Waals surface area contributed by atoms with Crippen molar-refractivity contribution in [1.29, 1.82) is 0 Å². The van der Waals surface area contributed by atoms with Crippen LogP contribution < -0.4 is 10.6 Å². The van der Waals surface area contributed by atoms with Crippen molar-refractivity contribution < 1.29 is 28.0 Å². The van der Waals surface area contributed by atoms with Crippen LogP contribution in [0.5, 0.6) is 0 Å². The van der Waals surface area contributed by atoms with Gasteiger partial charge < -0.3 is 10.8 Å². The molecule has 0 atom stereocenters. The molecule has 0 unspecified atom stereocenters. The number of hydrogen-bond acceptors (Lipinski definition) is 5. The fourth-order valence-electron chi connectivity index (χ4n) is 0.382. The van der Waals surface area contributed by atoms with Crippen LogP contribution in [0.4, 0.5) is 0 Å². The molecule has 0 saturated carbocycles. The van der Waals surface area contributed by atoms with Crippen LogP contribution in [0.25, 0.3) is 0 Å². The first-order valence-corrected chi connectivity index (χ1v) is 4.60. The van der Waals surface area contributed by atoms with Gasteiger partial charge in [-0.2, -0.15) is 0 Å². The Morgan fingerprint density at radius 2 is 2.00 bits per heavy atom. The summed E-state index contributed by atoms with van der Waals surface area (Å²) in [7, 11) is -4.06. The van der Waals surface area contributed by atoms with E-state index in [2.05, 4.69) is 10.6 Å². The Morgan fingerprint density at radius 3 is 2.38 bits per heavy atom. The maximum absolute atomic E-state index is 10.7. The number of carbonyl (C=O) groups is 2. The van der Waals surface area contributed by atoms with Gasteiger partial charge >= 0.3 is 5.97 Å². The molecule has 0 aliphatic rings. The molecule has 0 aromatic carbocycles. The summed E-state index contributed by atoms with van der Waals surface area (Å²) in [4.78, 5) is 25.5. The minimum atomic E-state index is -4.06. The molecule has 0 aromatic rings. The SMILES string of the molecule is NC(=O)CONS(=O)(=O)CC(=O)O. The number of primary amides is 1. The Kier molecular flexibility index (Phi) is 4.31. The fraction of sp³-hybridized carbons (Fsp3) is 0.500. The summed E-state index contributed by atoms with van der Waals surface area (Å²) in [6, 6.07) is 0. The third kappa shape index (κ3) is 7.18. The Hall–Kier alpha value is -1.19. The number of carbonyl (C=O) groups excluding carboxylic acids is 1. The van der Waals surface area contributed by atoms with Crippen molar-refractivity contribution in [3.8, 4) is 0 Å². The van der Waals surface area contributed by atoms with Crippen LogP contribution in [0.3, 0.4) is 0 Å². The number of carboxylic acid groups (broad SMARTS) is 1. The molecule has 0 spiro atoms. The lowest BCUT2D eigenvalue weighted by Crippen LogP contribution is -2.33. The second-order valence-electron chi connectivity index (χ2n) is 1.99. The van der Waals surface area contributed by atoms with Gasteiger partial charge in [-0.25, -0.2) is 8.42 Å². The van der Waals surface area contributed by atoms with Crippen molar-refractivity contribution in [2.75, 3.05) is 12.4 Å². The first-order valence-electron chi connectivity index (χ1n) is 2.95. The lowest BCUT2D eigenvalue weighted by Gasteiger charge is -2.02. The van der Waals surface area contributed by atoms with Crippen LogP contribution in [0, 0.1) is 0 Å². The quantitative estimate of drug-likeness (QED) is 0.413. The lowest BCUT2D eigenvalue weighted by molar-refractivity contribution is -0.134. The number of hydrogen-bond donors (Lipinski definition) is 3. The Morgan fingerprint density at radius 1 is 1.46 bits per heavy atom. The van der Waals surface area contributed by atoms with Crippen LogP contribution in [0.15, 0.2) is 0 Å². The van der Waals surface area contributed by atoms with Crippen LogP contribution in [-0.4, -0.2) is 37.8 Å². The molecule has 9 heteroatoms. The van der Waals surface area contributed by atoms with Crippen LogP contribution >= 0.6 is 0 Å². The molecular weight excluding hydrogens is 204 g/mol. The summed E-state index contributed by atoms with van der Waals surface area (Å²) in [6.07, 6.45) is 0. The van der Waals surface area contributed by atoms with Gasteiger partial charge in [-0.15, -0.1) is 0 Å². The summed E-state index contributed by atoms with van der Waals surface area (Å²) < 4.78 is 21.3. The number of nitrogens with one attached hydrogen (secondary N) is 1. The van der Waals surface area contributed by atoms with E-state index < -0.39 is 34.3 Å². The van der Waals surface area contributed by atoms with Crippen LogP contribution in [-0.2, 0) is 24.4 Å². The van der Waals surface area contributed by atoms with Crippen molar-refractivity contribution in [1.82, 2.24) is 4.89 Å². The molecule has 0 bridgehead atoms. The van der Waals surface area contributed by atoms with Gasteiger partial charge in [0.2, 0.25) is 15.9 Å². The van der Waals surface area contributed by atoms with Crippen molar-refractivity contribution in [2.24, 2.45) is 5.73 Å². The zero-order valence-corrected chi connectivity index (χ0v) is 7.20. The minimum Gasteiger partial charge on any atom is -0.480 e. The maximum atomic E-state index is 10.7. The second kappa shape index (κ2) is 4.74. The third-order valence-corrected chi connectivity index (χ3v) is 1.71. The summed E-state index contributed by atoms with van der Waals surface area (Å²) in [5.74, 6) is -3.54. The van der Waals surface area contributed by atoms with Gasteiger partial charge in [-0.1, -0.05) is 4.89 Å². The molecule has 0 saturated heterocycles. The normalized spacial score (nSPS) is 11.1. The summed E-state index contributed by atoms with van der Waals surface area (Å²) >= 11 is 0. The van der Waals surface area contributed by atoms with Crippen molar-refractivity contribution >= 4 is 21.9 Å². The van der Waals surface area contributed by atoms with E-state index in [0.29, 0.717) is 0 Å². The van der Waals surface area contributed by atoms with Crippen molar-refractivity contribution in [3.63, 3.8) is 0 Å². The molecule has 0 aromatic heterocycles. The molecule has 4 N–H and O–H groups in total. The van der Waals surface area contributed by atoms with E-state index in [1.54, 1.807) is 0 Å². The molecule has 0 heterocycles. The highest BCUT2D eigenvalue weighted by atomic mass is 32.2. The van der Waals surface area contributed by atoms with Gasteiger partial charge in [0, 0.05) is 0 Å². The Labute approximate surface area is 73.7 Å². The number of rotatable bonds is 6. The summed E-state index contributed by atoms with van der Waals surface area (Å²) in [6.45, 7) is -0.654. The number of nitrogens with two attached hydrogens (primary N) is 1. The van der Waals surface area contributed by atoms with Gasteiger partial charge in [-0.3, -0.25) is 14.4 Å². The molecule has 0 aliphatic heterocycles.